The molecule has 6 rings (SSSR count). The number of alkyl halides is 3. The van der Waals surface area contributed by atoms with Gasteiger partial charge in [0, 0.05) is 50.4 Å². The van der Waals surface area contributed by atoms with Crippen LogP contribution in [0, 0.1) is 17.3 Å². The molecule has 2 aliphatic heterocycles. The minimum Gasteiger partial charge on any atom is -0.338 e. The van der Waals surface area contributed by atoms with Gasteiger partial charge >= 0.3 is 12.4 Å². The zero-order valence-corrected chi connectivity index (χ0v) is 26.2. The Morgan fingerprint density at radius 1 is 0.980 bits per heavy atom. The maximum absolute atomic E-state index is 14.4. The molecule has 2 aliphatic rings. The van der Waals surface area contributed by atoms with E-state index in [0.717, 1.165) is 18.2 Å². The molecule has 0 radical (unpaired) electrons. The van der Waals surface area contributed by atoms with Crippen molar-refractivity contribution >= 4 is 29.6 Å². The van der Waals surface area contributed by atoms with Gasteiger partial charge in [-0.05, 0) is 42.8 Å². The second-order valence-corrected chi connectivity index (χ2v) is 11.2. The van der Waals surface area contributed by atoms with E-state index in [-0.39, 0.29) is 54.5 Å². The van der Waals surface area contributed by atoms with E-state index in [1.807, 2.05) is 0 Å². The summed E-state index contributed by atoms with van der Waals surface area (Å²) in [7, 11) is 0. The maximum atomic E-state index is 14.4. The predicted octanol–water partition coefficient (Wildman–Crippen LogP) is 3.36. The highest BCUT2D eigenvalue weighted by Crippen LogP contribution is 2.44. The lowest BCUT2D eigenvalue weighted by Crippen LogP contribution is -2.56. The monoisotopic (exact) mass is 693 g/mol. The summed E-state index contributed by atoms with van der Waals surface area (Å²) in [6, 6.07) is 13.0. The highest BCUT2D eigenvalue weighted by atomic mass is 19.4. The first-order valence-corrected chi connectivity index (χ1v) is 15.3. The maximum Gasteiger partial charge on any atom is 0.504 e. The van der Waals surface area contributed by atoms with Crippen LogP contribution in [0.2, 0.25) is 0 Å². The van der Waals surface area contributed by atoms with Crippen molar-refractivity contribution in [2.24, 2.45) is 0 Å². The highest BCUT2D eigenvalue weighted by molar-refractivity contribution is 6.07. The van der Waals surface area contributed by atoms with E-state index in [1.165, 1.54) is 37.8 Å². The van der Waals surface area contributed by atoms with Crippen LogP contribution in [0.1, 0.15) is 44.9 Å². The Kier molecular flexibility index (Phi) is 8.97. The summed E-state index contributed by atoms with van der Waals surface area (Å²) in [6.45, 7) is 1.84. The van der Waals surface area contributed by atoms with Gasteiger partial charge < -0.3 is 19.9 Å². The normalized spacial score (nSPS) is 17.6. The van der Waals surface area contributed by atoms with Crippen molar-refractivity contribution < 1.29 is 41.5 Å². The lowest BCUT2D eigenvalue weighted by atomic mass is 9.80. The number of piperazine rings is 1. The Labute approximate surface area is 281 Å². The molecule has 4 aromatic rings. The van der Waals surface area contributed by atoms with Gasteiger partial charge in [0.1, 0.15) is 23.4 Å². The molecule has 50 heavy (non-hydrogen) atoms. The fourth-order valence-electron chi connectivity index (χ4n) is 6.08. The smallest absolute Gasteiger partial charge is 0.338 e. The molecule has 1 fully saturated rings. The Hall–Kier alpha value is -6.25. The summed E-state index contributed by atoms with van der Waals surface area (Å²) >= 11 is 0. The molecule has 2 aromatic carbocycles. The van der Waals surface area contributed by atoms with E-state index in [2.05, 4.69) is 15.2 Å². The van der Waals surface area contributed by atoms with Gasteiger partial charge in [-0.15, -0.1) is 18.4 Å². The topological polar surface area (TPSA) is 159 Å². The van der Waals surface area contributed by atoms with Gasteiger partial charge in [-0.25, -0.2) is 13.9 Å². The molecular weight excluding hydrogens is 666 g/mol. The number of carbonyl (C=O) groups excluding carboxylic acids is 4. The number of likely N-dealkylation sites (N-methyl/N-ethyl adjacent to an activating group) is 1. The third kappa shape index (κ3) is 6.20. The molecule has 18 heteroatoms. The molecule has 2 atom stereocenters. The fraction of sp³-hybridized carbons (Fsp3) is 0.281. The number of benzene rings is 2. The molecule has 2 aromatic heterocycles. The van der Waals surface area contributed by atoms with E-state index >= 15 is 0 Å². The fourth-order valence-corrected chi connectivity index (χ4v) is 6.08. The first kappa shape index (κ1) is 33.6. The lowest BCUT2D eigenvalue weighted by Gasteiger charge is -2.39. The summed E-state index contributed by atoms with van der Waals surface area (Å²) in [5.41, 5.74) is 0.248. The average Bonchev–Trinajstić information content (AvgIpc) is 3.77. The minimum absolute atomic E-state index is 0.0306. The van der Waals surface area contributed by atoms with E-state index in [1.54, 1.807) is 37.3 Å². The highest BCUT2D eigenvalue weighted by Gasteiger charge is 2.48. The zero-order valence-electron chi connectivity index (χ0n) is 26.2. The molecule has 0 spiro atoms. The Bertz CT molecular complexity index is 1980. The number of anilines is 1. The lowest BCUT2D eigenvalue weighted by molar-refractivity contribution is -0.212. The molecule has 0 bridgehead atoms. The second-order valence-electron chi connectivity index (χ2n) is 11.2. The second kappa shape index (κ2) is 13.3. The van der Waals surface area contributed by atoms with Crippen molar-refractivity contribution in [3.05, 3.63) is 95.2 Å². The number of carbonyl (C=O) groups is 4. The quantitative estimate of drug-likeness (QED) is 0.238. The number of aromatic nitrogens is 4. The number of amides is 4. The molecule has 14 nitrogen and oxygen atoms in total. The molecule has 0 unspecified atom stereocenters. The summed E-state index contributed by atoms with van der Waals surface area (Å²) in [4.78, 5) is 58.2. The van der Waals surface area contributed by atoms with E-state index in [4.69, 9.17) is 10.4 Å². The number of fused-ring (bicyclic) bond motifs is 1. The number of nitriles is 1. The third-order valence-corrected chi connectivity index (χ3v) is 8.40. The molecule has 258 valence electrons. The Balaban J connectivity index is 1.49. The van der Waals surface area contributed by atoms with Gasteiger partial charge in [0.2, 0.25) is 0 Å². The van der Waals surface area contributed by atoms with Gasteiger partial charge in [0.05, 0.1) is 5.69 Å². The molecule has 1 saturated heterocycles. The van der Waals surface area contributed by atoms with Crippen LogP contribution in [0.4, 0.5) is 28.2 Å². The van der Waals surface area contributed by atoms with Crippen LogP contribution < -0.4 is 10.2 Å². The number of halogens is 4. The number of ether oxygens (including phenoxy) is 1. The SMILES string of the molecule is CCN1C(=O)[C@@H](NC(=O)c2ccn(C(F)(F)F)n2)[C@@H](c2ccc(F)cc2)c2c(C(=O)N3CCN(C(=O)OC#N)CC3)nn(-c3ccccc3)c21. The standard InChI is InChI=1S/C32H27F4N9O5/c1-2-43-28-24(26(40-45(28)21-6-4-3-5-7-21)29(47)41-14-16-42(17-15-41)31(49)50-18-37)23(19-8-10-20(33)11-9-19)25(30(43)48)38-27(46)22-12-13-44(39-22)32(34,35)36/h3-13,23,25H,2,14-17H2,1H3,(H,38,46)/t23-,25-/m0/s1. The van der Waals surface area contributed by atoms with E-state index in [9.17, 15) is 36.7 Å². The number of rotatable bonds is 6. The molecular formula is C32H27F4N9O5. The average molecular weight is 694 g/mol. The molecule has 4 heterocycles. The molecule has 1 N–H and O–H groups in total. The van der Waals surface area contributed by atoms with Crippen LogP contribution >= 0.6 is 0 Å². The number of hydrogen-bond acceptors (Lipinski definition) is 8. The van der Waals surface area contributed by atoms with Crippen LogP contribution in [0.15, 0.2) is 66.9 Å². The number of hydrogen-bond donors (Lipinski definition) is 1. The Morgan fingerprint density at radius 3 is 2.24 bits per heavy atom. The first-order chi connectivity index (χ1) is 23.9. The van der Waals surface area contributed by atoms with Crippen LogP contribution in [-0.4, -0.2) is 91.9 Å². The molecule has 0 aliphatic carbocycles. The number of nitrogens with one attached hydrogen (secondary N) is 1. The van der Waals surface area contributed by atoms with Gasteiger partial charge in [-0.1, -0.05) is 30.3 Å². The summed E-state index contributed by atoms with van der Waals surface area (Å²) < 4.78 is 59.5. The van der Waals surface area contributed by atoms with E-state index in [0.29, 0.717) is 17.4 Å². The van der Waals surface area contributed by atoms with Crippen molar-refractivity contribution in [3.8, 4) is 11.9 Å². The Morgan fingerprint density at radius 2 is 1.64 bits per heavy atom. The van der Waals surface area contributed by atoms with Crippen LogP contribution in [0.25, 0.3) is 5.69 Å². The molecule has 4 amide bonds. The summed E-state index contributed by atoms with van der Waals surface area (Å²) in [5.74, 6) is -3.94. The largest absolute Gasteiger partial charge is 0.504 e. The number of nitrogens with zero attached hydrogens (tertiary/aromatic N) is 8. The third-order valence-electron chi connectivity index (χ3n) is 8.40. The zero-order chi connectivity index (χ0) is 35.7. The minimum atomic E-state index is -4.90. The van der Waals surface area contributed by atoms with Crippen molar-refractivity contribution in [1.29, 1.82) is 5.26 Å². The van der Waals surface area contributed by atoms with Gasteiger partial charge in [0.15, 0.2) is 5.69 Å². The van der Waals surface area contributed by atoms with Crippen LogP contribution in [-0.2, 0) is 15.8 Å². The van der Waals surface area contributed by atoms with Gasteiger partial charge in [-0.2, -0.15) is 14.9 Å². The van der Waals surface area contributed by atoms with Crippen molar-refractivity contribution in [2.45, 2.75) is 25.2 Å². The predicted molar refractivity (Wildman–Crippen MR) is 164 cm³/mol. The van der Waals surface area contributed by atoms with Crippen molar-refractivity contribution in [3.63, 3.8) is 0 Å². The summed E-state index contributed by atoms with van der Waals surface area (Å²) in [5, 5.41) is 19.3. The first-order valence-electron chi connectivity index (χ1n) is 15.3. The van der Waals surface area contributed by atoms with Crippen molar-refractivity contribution in [2.75, 3.05) is 37.6 Å². The summed E-state index contributed by atoms with van der Waals surface area (Å²) in [6.07, 6.45) is -3.87. The van der Waals surface area contributed by atoms with Crippen LogP contribution in [0.3, 0.4) is 0 Å². The van der Waals surface area contributed by atoms with Gasteiger partial charge in [0.25, 0.3) is 24.0 Å². The van der Waals surface area contributed by atoms with Crippen LogP contribution in [0.5, 0.6) is 0 Å². The van der Waals surface area contributed by atoms with Gasteiger partial charge in [-0.3, -0.25) is 19.3 Å². The van der Waals surface area contributed by atoms with E-state index < -0.39 is 53.6 Å². The molecule has 0 saturated carbocycles. The number of para-hydroxylation sites is 1. The van der Waals surface area contributed by atoms with Crippen molar-refractivity contribution in [1.82, 2.24) is 34.7 Å².